The number of thiazole rings is 1. The highest BCUT2D eigenvalue weighted by molar-refractivity contribution is 7.13. The minimum absolute atomic E-state index is 0.0575. The Kier molecular flexibility index (Phi) is 3.51. The van der Waals surface area contributed by atoms with Gasteiger partial charge in [-0.2, -0.15) is 0 Å². The number of fused-ring (bicyclic) bond motifs is 1. The first-order chi connectivity index (χ1) is 11.7. The van der Waals surface area contributed by atoms with Crippen LogP contribution in [0, 0.1) is 0 Å². The normalized spacial score (nSPS) is 11.9. The molecule has 0 radical (unpaired) electrons. The van der Waals surface area contributed by atoms with E-state index in [0.29, 0.717) is 16.2 Å². The highest BCUT2D eigenvalue weighted by Gasteiger charge is 2.12. The molecule has 0 aliphatic carbocycles. The maximum atomic E-state index is 9.55. The van der Waals surface area contributed by atoms with Gasteiger partial charge >= 0.3 is 0 Å². The molecule has 0 bridgehead atoms. The first-order valence-electron chi connectivity index (χ1n) is 7.21. The molecule has 2 N–H and O–H groups in total. The Bertz CT molecular complexity index is 1080. The summed E-state index contributed by atoms with van der Waals surface area (Å²) in [7, 11) is 0. The molecule has 4 rings (SSSR count). The van der Waals surface area contributed by atoms with Gasteiger partial charge in [0, 0.05) is 22.4 Å². The third kappa shape index (κ3) is 2.53. The second-order valence-electron chi connectivity index (χ2n) is 5.19. The number of hydrogen-bond acceptors (Lipinski definition) is 6. The Hall–Kier alpha value is -3.12. The van der Waals surface area contributed by atoms with Gasteiger partial charge in [-0.05, 0) is 23.4 Å². The van der Waals surface area contributed by atoms with Crippen LogP contribution < -0.4 is 5.55 Å². The predicted octanol–water partition coefficient (Wildman–Crippen LogP) is 4.22. The van der Waals surface area contributed by atoms with E-state index < -0.39 is 0 Å². The predicted molar refractivity (Wildman–Crippen MR) is 91.8 cm³/mol. The van der Waals surface area contributed by atoms with Crippen LogP contribution in [0.4, 0.5) is 0 Å². The van der Waals surface area contributed by atoms with E-state index in [9.17, 15) is 10.3 Å². The van der Waals surface area contributed by atoms with E-state index in [1.165, 1.54) is 17.4 Å². The average molecular weight is 336 g/mol. The molecule has 0 unspecified atom stereocenters. The molecule has 0 aliphatic heterocycles. The lowest BCUT2D eigenvalue weighted by atomic mass is 10.1. The number of phenols is 1. The first kappa shape index (κ1) is 14.5. The maximum Gasteiger partial charge on any atom is 0.265 e. The summed E-state index contributed by atoms with van der Waals surface area (Å²) in [6, 6.07) is 16.5. The fraction of sp³-hybridized carbons (Fsp3) is 0. The van der Waals surface area contributed by atoms with Gasteiger partial charge in [-0.25, -0.2) is 4.98 Å². The van der Waals surface area contributed by atoms with Gasteiger partial charge in [-0.3, -0.25) is 0 Å². The zero-order valence-corrected chi connectivity index (χ0v) is 13.2. The molecule has 0 saturated heterocycles. The molecule has 24 heavy (non-hydrogen) atoms. The summed E-state index contributed by atoms with van der Waals surface area (Å²) in [6.07, 6.45) is 0. The van der Waals surface area contributed by atoms with Crippen LogP contribution in [0.2, 0.25) is 0 Å². The summed E-state index contributed by atoms with van der Waals surface area (Å²) < 4.78 is 5.58. The van der Waals surface area contributed by atoms with Crippen LogP contribution in [0.3, 0.4) is 0 Å². The molecule has 118 valence electrons. The monoisotopic (exact) mass is 336 g/mol. The minimum atomic E-state index is 0.0575. The van der Waals surface area contributed by atoms with E-state index in [4.69, 9.17) is 4.42 Å². The zero-order valence-electron chi connectivity index (χ0n) is 12.4. The quantitative estimate of drug-likeness (QED) is 0.424. The van der Waals surface area contributed by atoms with E-state index in [2.05, 4.69) is 10.1 Å². The van der Waals surface area contributed by atoms with Crippen LogP contribution >= 0.6 is 11.3 Å². The van der Waals surface area contributed by atoms with E-state index in [0.717, 1.165) is 16.6 Å². The van der Waals surface area contributed by atoms with Crippen molar-refractivity contribution in [2.75, 3.05) is 0 Å². The summed E-state index contributed by atoms with van der Waals surface area (Å²) >= 11 is 1.45. The van der Waals surface area contributed by atoms with E-state index in [1.54, 1.807) is 12.1 Å². The number of hydrogen-bond donors (Lipinski definition) is 2. The molecule has 0 saturated carbocycles. The number of benzene rings is 2. The first-order valence-corrected chi connectivity index (χ1v) is 8.09. The summed E-state index contributed by atoms with van der Waals surface area (Å²) in [5, 5.41) is 25.5. The van der Waals surface area contributed by atoms with Crippen molar-refractivity contribution in [1.82, 2.24) is 4.98 Å². The summed E-state index contributed by atoms with van der Waals surface area (Å²) in [5.41, 5.74) is 2.96. The molecule has 0 atom stereocenters. The summed E-state index contributed by atoms with van der Waals surface area (Å²) in [4.78, 5) is 4.62. The summed E-state index contributed by atoms with van der Waals surface area (Å²) in [5.74, 6) is 0.0866. The highest BCUT2D eigenvalue weighted by atomic mass is 32.1. The minimum Gasteiger partial charge on any atom is -0.508 e. The number of aromatic hydroxyl groups is 1. The van der Waals surface area contributed by atoms with Gasteiger partial charge in [0.05, 0.1) is 11.3 Å². The maximum absolute atomic E-state index is 9.55. The molecular formula is C18H12N2O3S. The highest BCUT2D eigenvalue weighted by Crippen LogP contribution is 2.29. The lowest BCUT2D eigenvalue weighted by Crippen LogP contribution is -2.05. The van der Waals surface area contributed by atoms with Crippen molar-refractivity contribution < 1.29 is 14.7 Å². The molecule has 4 aromatic rings. The van der Waals surface area contributed by atoms with Crippen LogP contribution in [0.5, 0.6) is 5.75 Å². The largest absolute Gasteiger partial charge is 0.508 e. The standard InChI is InChI=1S/C18H12N2O3S/c21-13-7-6-12-8-14(17(20-22)23-16(12)9-13)18-19-15(10-24-18)11-4-2-1-3-5-11/h1-10,21-22H/b20-17-. The molecular weight excluding hydrogens is 324 g/mol. The third-order valence-corrected chi connectivity index (χ3v) is 4.50. The second-order valence-corrected chi connectivity index (χ2v) is 6.05. The van der Waals surface area contributed by atoms with Gasteiger partial charge in [0.1, 0.15) is 16.3 Å². The van der Waals surface area contributed by atoms with Gasteiger partial charge in [0.25, 0.3) is 5.55 Å². The van der Waals surface area contributed by atoms with Gasteiger partial charge in [0.2, 0.25) is 0 Å². The second kappa shape index (κ2) is 5.82. The van der Waals surface area contributed by atoms with Crippen molar-refractivity contribution in [2.45, 2.75) is 0 Å². The lowest BCUT2D eigenvalue weighted by molar-refractivity contribution is 0.277. The molecule has 2 aromatic heterocycles. The fourth-order valence-electron chi connectivity index (χ4n) is 2.47. The number of aromatic nitrogens is 1. The van der Waals surface area contributed by atoms with Crippen molar-refractivity contribution in [1.29, 1.82) is 0 Å². The van der Waals surface area contributed by atoms with Gasteiger partial charge in [-0.1, -0.05) is 30.3 Å². The van der Waals surface area contributed by atoms with E-state index in [1.807, 2.05) is 41.8 Å². The molecule has 0 fully saturated rings. The molecule has 0 amide bonds. The van der Waals surface area contributed by atoms with Gasteiger partial charge in [0.15, 0.2) is 0 Å². The van der Waals surface area contributed by atoms with Crippen LogP contribution in [-0.2, 0) is 0 Å². The molecule has 6 heteroatoms. The Morgan fingerprint density at radius 1 is 1.04 bits per heavy atom. The molecule has 5 nitrogen and oxygen atoms in total. The number of phenolic OH excluding ortho intramolecular Hbond substituents is 1. The van der Waals surface area contributed by atoms with Crippen LogP contribution in [0.1, 0.15) is 0 Å². The number of nitrogens with zero attached hydrogens (tertiary/aromatic N) is 2. The fourth-order valence-corrected chi connectivity index (χ4v) is 3.31. The van der Waals surface area contributed by atoms with Crippen molar-refractivity contribution >= 4 is 22.3 Å². The van der Waals surface area contributed by atoms with Gasteiger partial charge in [-0.15, -0.1) is 11.3 Å². The average Bonchev–Trinajstić information content (AvgIpc) is 3.11. The Labute approximate surface area is 140 Å². The molecule has 0 spiro atoms. The molecule has 0 aliphatic rings. The Morgan fingerprint density at radius 2 is 1.88 bits per heavy atom. The van der Waals surface area contributed by atoms with Crippen molar-refractivity contribution in [3.8, 4) is 27.6 Å². The smallest absolute Gasteiger partial charge is 0.265 e. The van der Waals surface area contributed by atoms with E-state index >= 15 is 0 Å². The summed E-state index contributed by atoms with van der Waals surface area (Å²) in [6.45, 7) is 0. The van der Waals surface area contributed by atoms with Crippen LogP contribution in [0.15, 0.2) is 69.6 Å². The van der Waals surface area contributed by atoms with Crippen molar-refractivity contribution in [3.63, 3.8) is 0 Å². The van der Waals surface area contributed by atoms with Crippen molar-refractivity contribution in [3.05, 3.63) is 65.5 Å². The Morgan fingerprint density at radius 3 is 2.67 bits per heavy atom. The lowest BCUT2D eigenvalue weighted by Gasteiger charge is -2.02. The molecule has 2 aromatic carbocycles. The number of rotatable bonds is 2. The van der Waals surface area contributed by atoms with Crippen molar-refractivity contribution in [2.24, 2.45) is 5.16 Å². The topological polar surface area (TPSA) is 78.9 Å². The van der Waals surface area contributed by atoms with Crippen LogP contribution in [0.25, 0.3) is 32.8 Å². The van der Waals surface area contributed by atoms with Gasteiger partial charge < -0.3 is 14.7 Å². The van der Waals surface area contributed by atoms with E-state index in [-0.39, 0.29) is 11.3 Å². The molecule has 2 heterocycles. The zero-order chi connectivity index (χ0) is 16.5. The SMILES string of the molecule is O/N=c1\oc2cc(O)ccc2cc1-c1nc(-c2ccccc2)cs1. The third-order valence-electron chi connectivity index (χ3n) is 3.63. The Balaban J connectivity index is 1.87. The van der Waals surface area contributed by atoms with Crippen LogP contribution in [-0.4, -0.2) is 15.3 Å².